The average Bonchev–Trinajstić information content (AvgIpc) is 2.61. The molecule has 128 valence electrons. The maximum absolute atomic E-state index is 12.4. The molecule has 2 aromatic heterocycles. The van der Waals surface area contributed by atoms with E-state index in [1.807, 2.05) is 37.3 Å². The van der Waals surface area contributed by atoms with E-state index in [1.165, 1.54) is 16.2 Å². The van der Waals surface area contributed by atoms with Crippen molar-refractivity contribution >= 4 is 17.2 Å². The van der Waals surface area contributed by atoms with E-state index in [0.29, 0.717) is 5.65 Å². The van der Waals surface area contributed by atoms with Crippen molar-refractivity contribution in [2.45, 2.75) is 25.8 Å². The van der Waals surface area contributed by atoms with Crippen molar-refractivity contribution in [3.63, 3.8) is 0 Å². The fourth-order valence-electron chi connectivity index (χ4n) is 2.68. The van der Waals surface area contributed by atoms with Gasteiger partial charge in [0.15, 0.2) is 0 Å². The molecule has 0 fully saturated rings. The Morgan fingerprint density at radius 3 is 2.64 bits per heavy atom. The molecule has 1 atom stereocenters. The summed E-state index contributed by atoms with van der Waals surface area (Å²) in [5.74, 6) is 0.0155. The van der Waals surface area contributed by atoms with E-state index in [2.05, 4.69) is 10.3 Å². The Labute approximate surface area is 144 Å². The molecule has 0 spiro atoms. The van der Waals surface area contributed by atoms with E-state index >= 15 is 0 Å². The predicted octanol–water partition coefficient (Wildman–Crippen LogP) is 3.04. The smallest absolute Gasteiger partial charge is 0.362 e. The number of hydrogen-bond donors (Lipinski definition) is 1. The van der Waals surface area contributed by atoms with Crippen molar-refractivity contribution in [3.8, 4) is 0 Å². The second kappa shape index (κ2) is 7.12. The number of fused-ring (bicyclic) bond motifs is 1. The van der Waals surface area contributed by atoms with Crippen LogP contribution < -0.4 is 10.9 Å². The van der Waals surface area contributed by atoms with Gasteiger partial charge in [-0.25, -0.2) is 4.98 Å². The minimum absolute atomic E-state index is 0.0155. The summed E-state index contributed by atoms with van der Waals surface area (Å²) in [7, 11) is 0. The quantitative estimate of drug-likeness (QED) is 0.551. The Kier molecular flexibility index (Phi) is 4.74. The second-order valence-corrected chi connectivity index (χ2v) is 5.87. The van der Waals surface area contributed by atoms with Gasteiger partial charge < -0.3 is 5.32 Å². The zero-order valence-corrected chi connectivity index (χ0v) is 13.8. The number of aryl methyl sites for hydroxylation is 1. The third-order valence-corrected chi connectivity index (χ3v) is 3.98. The van der Waals surface area contributed by atoms with E-state index in [4.69, 9.17) is 0 Å². The highest BCUT2D eigenvalue weighted by molar-refractivity contribution is 5.60. The van der Waals surface area contributed by atoms with Crippen LogP contribution in [0.2, 0.25) is 0 Å². The molecule has 2 heterocycles. The maximum Gasteiger partial charge on any atom is 0.376 e. The minimum Gasteiger partial charge on any atom is -0.362 e. The first kappa shape index (κ1) is 16.6. The molecular weight excluding hydrogens is 320 g/mol. The highest BCUT2D eigenvalue weighted by atomic mass is 16.6. The maximum atomic E-state index is 12.4. The first-order chi connectivity index (χ1) is 12.1. The zero-order valence-electron chi connectivity index (χ0n) is 13.8. The van der Waals surface area contributed by atoms with Crippen molar-refractivity contribution in [1.29, 1.82) is 0 Å². The summed E-state index contributed by atoms with van der Waals surface area (Å²) in [5, 5.41) is 14.4. The van der Waals surface area contributed by atoms with E-state index < -0.39 is 16.2 Å². The monoisotopic (exact) mass is 338 g/mol. The Morgan fingerprint density at radius 1 is 1.20 bits per heavy atom. The molecule has 0 saturated carbocycles. The van der Waals surface area contributed by atoms with Gasteiger partial charge in [0, 0.05) is 12.2 Å². The van der Waals surface area contributed by atoms with Crippen LogP contribution >= 0.6 is 0 Å². The van der Waals surface area contributed by atoms with Crippen molar-refractivity contribution in [3.05, 3.63) is 80.8 Å². The van der Waals surface area contributed by atoms with Gasteiger partial charge in [-0.15, -0.1) is 0 Å². The summed E-state index contributed by atoms with van der Waals surface area (Å²) in [6.07, 6.45) is 3.06. The number of nitrogens with zero attached hydrogens (tertiary/aromatic N) is 3. The average molecular weight is 338 g/mol. The molecule has 3 rings (SSSR count). The summed E-state index contributed by atoms with van der Waals surface area (Å²) in [6, 6.07) is 14.9. The summed E-state index contributed by atoms with van der Waals surface area (Å²) >= 11 is 0. The number of hydrogen-bond acceptors (Lipinski definition) is 5. The summed E-state index contributed by atoms with van der Waals surface area (Å²) in [4.78, 5) is 27.3. The number of anilines is 1. The minimum atomic E-state index is -0.687. The van der Waals surface area contributed by atoms with Crippen LogP contribution in [-0.2, 0) is 6.42 Å². The van der Waals surface area contributed by atoms with Crippen molar-refractivity contribution in [1.82, 2.24) is 9.38 Å². The third kappa shape index (κ3) is 3.65. The Morgan fingerprint density at radius 2 is 1.92 bits per heavy atom. The molecule has 3 aromatic rings. The molecule has 0 amide bonds. The van der Waals surface area contributed by atoms with Crippen LogP contribution in [0.25, 0.3) is 5.65 Å². The van der Waals surface area contributed by atoms with E-state index in [9.17, 15) is 14.9 Å². The SMILES string of the molecule is CC(CCc1ccccc1)Nc1nc2ccccn2c(=O)c1[N+](=O)[O-]. The topological polar surface area (TPSA) is 89.5 Å². The normalized spacial score (nSPS) is 12.0. The van der Waals surface area contributed by atoms with Gasteiger partial charge in [0.1, 0.15) is 5.65 Å². The Balaban J connectivity index is 1.86. The van der Waals surface area contributed by atoms with Crippen molar-refractivity contribution in [2.75, 3.05) is 5.32 Å². The molecule has 7 nitrogen and oxygen atoms in total. The van der Waals surface area contributed by atoms with Gasteiger partial charge in [-0.05, 0) is 37.5 Å². The Bertz CT molecular complexity index is 953. The molecule has 0 saturated heterocycles. The lowest BCUT2D eigenvalue weighted by Gasteiger charge is -2.15. The molecule has 1 unspecified atom stereocenters. The molecule has 25 heavy (non-hydrogen) atoms. The van der Waals surface area contributed by atoms with Gasteiger partial charge in [0.05, 0.1) is 4.92 Å². The standard InChI is InChI=1S/C18H18N4O3/c1-13(10-11-14-7-3-2-4-8-14)19-17-16(22(24)25)18(23)21-12-6-5-9-15(21)20-17/h2-9,12-13,19H,10-11H2,1H3. The number of benzene rings is 1. The van der Waals surface area contributed by atoms with Gasteiger partial charge in [-0.1, -0.05) is 36.4 Å². The Hall–Kier alpha value is -3.22. The molecule has 0 bridgehead atoms. The third-order valence-electron chi connectivity index (χ3n) is 3.98. The number of pyridine rings is 1. The van der Waals surface area contributed by atoms with Crippen LogP contribution in [0.5, 0.6) is 0 Å². The summed E-state index contributed by atoms with van der Waals surface area (Å²) in [5.41, 5.74) is 0.344. The number of rotatable bonds is 6. The van der Waals surface area contributed by atoms with E-state index in [0.717, 1.165) is 12.8 Å². The van der Waals surface area contributed by atoms with Crippen LogP contribution in [0.1, 0.15) is 18.9 Å². The van der Waals surface area contributed by atoms with Crippen molar-refractivity contribution in [2.24, 2.45) is 0 Å². The fraction of sp³-hybridized carbons (Fsp3) is 0.222. The molecular formula is C18H18N4O3. The molecule has 0 aliphatic rings. The van der Waals surface area contributed by atoms with Crippen LogP contribution in [0.15, 0.2) is 59.5 Å². The fourth-order valence-corrected chi connectivity index (χ4v) is 2.68. The molecule has 1 aromatic carbocycles. The van der Waals surface area contributed by atoms with Gasteiger partial charge in [-0.2, -0.15) is 0 Å². The summed E-state index contributed by atoms with van der Waals surface area (Å²) in [6.45, 7) is 1.92. The van der Waals surface area contributed by atoms with Crippen LogP contribution in [-0.4, -0.2) is 20.3 Å². The van der Waals surface area contributed by atoms with Crippen molar-refractivity contribution < 1.29 is 4.92 Å². The molecule has 0 aliphatic heterocycles. The first-order valence-corrected chi connectivity index (χ1v) is 8.02. The van der Waals surface area contributed by atoms with E-state index in [-0.39, 0.29) is 11.9 Å². The van der Waals surface area contributed by atoms with Gasteiger partial charge >= 0.3 is 11.2 Å². The zero-order chi connectivity index (χ0) is 17.8. The van der Waals surface area contributed by atoms with Crippen LogP contribution in [0.3, 0.4) is 0 Å². The summed E-state index contributed by atoms with van der Waals surface area (Å²) < 4.78 is 1.18. The molecule has 0 aliphatic carbocycles. The molecule has 7 heteroatoms. The number of nitro groups is 1. The highest BCUT2D eigenvalue weighted by Crippen LogP contribution is 2.20. The molecule has 0 radical (unpaired) electrons. The van der Waals surface area contributed by atoms with E-state index in [1.54, 1.807) is 18.2 Å². The van der Waals surface area contributed by atoms with Gasteiger partial charge in [0.25, 0.3) is 0 Å². The number of nitrogens with one attached hydrogen (secondary N) is 1. The predicted molar refractivity (Wildman–Crippen MR) is 96.0 cm³/mol. The van der Waals surface area contributed by atoms with Crippen LogP contribution in [0, 0.1) is 10.1 Å². The first-order valence-electron chi connectivity index (χ1n) is 8.02. The number of aromatic nitrogens is 2. The lowest BCUT2D eigenvalue weighted by atomic mass is 10.1. The van der Waals surface area contributed by atoms with Gasteiger partial charge in [-0.3, -0.25) is 19.3 Å². The second-order valence-electron chi connectivity index (χ2n) is 5.87. The largest absolute Gasteiger partial charge is 0.376 e. The van der Waals surface area contributed by atoms with Gasteiger partial charge in [0.2, 0.25) is 5.82 Å². The lowest BCUT2D eigenvalue weighted by molar-refractivity contribution is -0.385. The van der Waals surface area contributed by atoms with Crippen LogP contribution in [0.4, 0.5) is 11.5 Å². The lowest BCUT2D eigenvalue weighted by Crippen LogP contribution is -2.24. The highest BCUT2D eigenvalue weighted by Gasteiger charge is 2.24. The molecule has 1 N–H and O–H groups in total.